The van der Waals surface area contributed by atoms with Crippen molar-refractivity contribution in [2.45, 2.75) is 13.2 Å². The fraction of sp³-hybridized carbons (Fsp3) is 0.200. The van der Waals surface area contributed by atoms with Gasteiger partial charge in [0.2, 0.25) is 0 Å². The molecule has 19 heavy (non-hydrogen) atoms. The highest BCUT2D eigenvalue weighted by Crippen LogP contribution is 2.29. The Bertz CT molecular complexity index is 558. The predicted molar refractivity (Wildman–Crippen MR) is 80.9 cm³/mol. The second kappa shape index (κ2) is 6.80. The summed E-state index contributed by atoms with van der Waals surface area (Å²) in [6, 6.07) is 13.7. The van der Waals surface area contributed by atoms with Crippen molar-refractivity contribution in [1.82, 2.24) is 0 Å². The van der Waals surface area contributed by atoms with Crippen LogP contribution < -0.4 is 5.32 Å². The first-order valence-electron chi connectivity index (χ1n) is 5.96. The summed E-state index contributed by atoms with van der Waals surface area (Å²) in [5.41, 5.74) is 3.18. The Balaban J connectivity index is 2.12. The lowest BCUT2D eigenvalue weighted by Crippen LogP contribution is -2.04. The number of ether oxygens (including phenoxy) is 1. The van der Waals surface area contributed by atoms with Crippen LogP contribution in [0.1, 0.15) is 11.1 Å². The second-order valence-corrected chi connectivity index (χ2v) is 4.94. The van der Waals surface area contributed by atoms with Gasteiger partial charge in [-0.1, -0.05) is 53.5 Å². The van der Waals surface area contributed by atoms with Gasteiger partial charge < -0.3 is 10.1 Å². The highest BCUT2D eigenvalue weighted by Gasteiger charge is 2.05. The number of hydrogen-bond donors (Lipinski definition) is 1. The first-order valence-corrected chi connectivity index (χ1v) is 6.71. The number of hydrogen-bond acceptors (Lipinski definition) is 2. The molecule has 0 saturated heterocycles. The van der Waals surface area contributed by atoms with Crippen LogP contribution in [0.15, 0.2) is 42.5 Å². The molecule has 0 aliphatic carbocycles. The third-order valence-corrected chi connectivity index (χ3v) is 3.66. The average Bonchev–Trinajstić information content (AvgIpc) is 2.42. The summed E-state index contributed by atoms with van der Waals surface area (Å²) in [7, 11) is 1.69. The molecule has 1 N–H and O–H groups in total. The molecule has 0 radical (unpaired) electrons. The zero-order chi connectivity index (χ0) is 13.7. The van der Waals surface area contributed by atoms with Crippen LogP contribution in [0.2, 0.25) is 10.0 Å². The molecule has 0 fully saturated rings. The molecule has 2 aromatic carbocycles. The molecule has 0 spiro atoms. The van der Waals surface area contributed by atoms with Crippen LogP contribution in [0.4, 0.5) is 5.69 Å². The van der Waals surface area contributed by atoms with Crippen molar-refractivity contribution in [3.05, 3.63) is 63.6 Å². The molecule has 0 aromatic heterocycles. The van der Waals surface area contributed by atoms with Gasteiger partial charge in [0, 0.05) is 13.7 Å². The van der Waals surface area contributed by atoms with Gasteiger partial charge in [0.15, 0.2) is 0 Å². The third-order valence-electron chi connectivity index (χ3n) is 2.84. The maximum absolute atomic E-state index is 6.14. The largest absolute Gasteiger partial charge is 0.380 e. The van der Waals surface area contributed by atoms with Crippen LogP contribution >= 0.6 is 23.2 Å². The standard InChI is InChI=1S/C15H15Cl2NO/c1-19-10-12-6-3-2-5-11(12)9-18-14-8-4-7-13(16)15(14)17/h2-8,18H,9-10H2,1H3. The lowest BCUT2D eigenvalue weighted by atomic mass is 10.1. The number of nitrogens with one attached hydrogen (secondary N) is 1. The molecule has 4 heteroatoms. The molecule has 0 amide bonds. The smallest absolute Gasteiger partial charge is 0.0823 e. The molecule has 2 rings (SSSR count). The maximum Gasteiger partial charge on any atom is 0.0823 e. The van der Waals surface area contributed by atoms with Gasteiger partial charge in [-0.3, -0.25) is 0 Å². The van der Waals surface area contributed by atoms with Crippen molar-refractivity contribution in [3.63, 3.8) is 0 Å². The van der Waals surface area contributed by atoms with Gasteiger partial charge in [0.1, 0.15) is 0 Å². The van der Waals surface area contributed by atoms with Crippen molar-refractivity contribution in [3.8, 4) is 0 Å². The Morgan fingerprint density at radius 2 is 1.74 bits per heavy atom. The van der Waals surface area contributed by atoms with E-state index in [1.54, 1.807) is 13.2 Å². The monoisotopic (exact) mass is 295 g/mol. The average molecular weight is 296 g/mol. The molecule has 0 aliphatic rings. The summed E-state index contributed by atoms with van der Waals surface area (Å²) in [5, 5.41) is 4.40. The Hall–Kier alpha value is -1.22. The molecule has 0 saturated carbocycles. The Morgan fingerprint density at radius 3 is 2.47 bits per heavy atom. The van der Waals surface area contributed by atoms with Gasteiger partial charge in [0.05, 0.1) is 22.3 Å². The minimum atomic E-state index is 0.549. The number of methoxy groups -OCH3 is 1. The number of benzene rings is 2. The van der Waals surface area contributed by atoms with Crippen molar-refractivity contribution >= 4 is 28.9 Å². The van der Waals surface area contributed by atoms with Crippen molar-refractivity contribution in [1.29, 1.82) is 0 Å². The van der Waals surface area contributed by atoms with E-state index in [4.69, 9.17) is 27.9 Å². The highest BCUT2D eigenvalue weighted by molar-refractivity contribution is 6.43. The normalized spacial score (nSPS) is 10.5. The first kappa shape index (κ1) is 14.2. The fourth-order valence-electron chi connectivity index (χ4n) is 1.86. The van der Waals surface area contributed by atoms with Crippen LogP contribution in [-0.2, 0) is 17.9 Å². The van der Waals surface area contributed by atoms with E-state index in [1.165, 1.54) is 5.56 Å². The maximum atomic E-state index is 6.14. The molecule has 0 aliphatic heterocycles. The summed E-state index contributed by atoms with van der Waals surface area (Å²) in [6.45, 7) is 1.28. The second-order valence-electron chi connectivity index (χ2n) is 4.16. The third kappa shape index (κ3) is 3.63. The minimum Gasteiger partial charge on any atom is -0.380 e. The summed E-state index contributed by atoms with van der Waals surface area (Å²) < 4.78 is 5.19. The summed E-state index contributed by atoms with van der Waals surface area (Å²) >= 11 is 12.1. The lowest BCUT2D eigenvalue weighted by molar-refractivity contribution is 0.184. The molecule has 0 atom stereocenters. The molecule has 0 heterocycles. The first-order chi connectivity index (χ1) is 9.22. The minimum absolute atomic E-state index is 0.549. The SMILES string of the molecule is COCc1ccccc1CNc1cccc(Cl)c1Cl. The van der Waals surface area contributed by atoms with Gasteiger partial charge in [-0.05, 0) is 23.3 Å². The van der Waals surface area contributed by atoms with Gasteiger partial charge in [-0.25, -0.2) is 0 Å². The fourth-order valence-corrected chi connectivity index (χ4v) is 2.22. The van der Waals surface area contributed by atoms with E-state index < -0.39 is 0 Å². The Kier molecular flexibility index (Phi) is 5.08. The quantitative estimate of drug-likeness (QED) is 0.859. The van der Waals surface area contributed by atoms with Gasteiger partial charge in [0.25, 0.3) is 0 Å². The molecule has 2 aromatic rings. The van der Waals surface area contributed by atoms with Gasteiger partial charge in [-0.15, -0.1) is 0 Å². The molecule has 100 valence electrons. The zero-order valence-corrected chi connectivity index (χ0v) is 12.1. The number of rotatable bonds is 5. The van der Waals surface area contributed by atoms with Crippen molar-refractivity contribution in [2.75, 3.05) is 12.4 Å². The van der Waals surface area contributed by atoms with Crippen LogP contribution in [0.5, 0.6) is 0 Å². The van der Waals surface area contributed by atoms with E-state index in [1.807, 2.05) is 24.3 Å². The van der Waals surface area contributed by atoms with E-state index in [2.05, 4.69) is 17.4 Å². The van der Waals surface area contributed by atoms with E-state index in [0.717, 1.165) is 11.3 Å². The molecular formula is C15H15Cl2NO. The topological polar surface area (TPSA) is 21.3 Å². The van der Waals surface area contributed by atoms with E-state index in [-0.39, 0.29) is 0 Å². The van der Waals surface area contributed by atoms with Crippen molar-refractivity contribution < 1.29 is 4.74 Å². The molecule has 0 unspecified atom stereocenters. The Morgan fingerprint density at radius 1 is 1.00 bits per heavy atom. The summed E-state index contributed by atoms with van der Waals surface area (Å²) in [6.07, 6.45) is 0. The predicted octanol–water partition coefficient (Wildman–Crippen LogP) is 4.75. The van der Waals surface area contributed by atoms with E-state index in [9.17, 15) is 0 Å². The van der Waals surface area contributed by atoms with E-state index in [0.29, 0.717) is 23.2 Å². The lowest BCUT2D eigenvalue weighted by Gasteiger charge is -2.12. The van der Waals surface area contributed by atoms with Crippen LogP contribution in [0, 0.1) is 0 Å². The number of halogens is 2. The zero-order valence-electron chi connectivity index (χ0n) is 10.6. The number of anilines is 1. The van der Waals surface area contributed by atoms with E-state index >= 15 is 0 Å². The van der Waals surface area contributed by atoms with Gasteiger partial charge in [-0.2, -0.15) is 0 Å². The van der Waals surface area contributed by atoms with Crippen LogP contribution in [0.3, 0.4) is 0 Å². The highest BCUT2D eigenvalue weighted by atomic mass is 35.5. The van der Waals surface area contributed by atoms with Crippen LogP contribution in [0.25, 0.3) is 0 Å². The molecule has 0 bridgehead atoms. The van der Waals surface area contributed by atoms with Crippen molar-refractivity contribution in [2.24, 2.45) is 0 Å². The summed E-state index contributed by atoms with van der Waals surface area (Å²) in [4.78, 5) is 0. The molecule has 2 nitrogen and oxygen atoms in total. The van der Waals surface area contributed by atoms with Crippen LogP contribution in [-0.4, -0.2) is 7.11 Å². The Labute approximate surface area is 123 Å². The summed E-state index contributed by atoms with van der Waals surface area (Å²) in [5.74, 6) is 0. The van der Waals surface area contributed by atoms with Gasteiger partial charge >= 0.3 is 0 Å². The molecular weight excluding hydrogens is 281 g/mol.